The van der Waals surface area contributed by atoms with Crippen LogP contribution < -0.4 is 10.6 Å². The molecule has 2 atom stereocenters. The second-order valence-corrected chi connectivity index (χ2v) is 10.8. The first-order valence-corrected chi connectivity index (χ1v) is 14.2. The van der Waals surface area contributed by atoms with Crippen molar-refractivity contribution in [3.05, 3.63) is 123 Å². The van der Waals surface area contributed by atoms with E-state index in [1.165, 1.54) is 11.3 Å². The second kappa shape index (κ2) is 14.3. The van der Waals surface area contributed by atoms with Gasteiger partial charge in [0, 0.05) is 42.3 Å². The van der Waals surface area contributed by atoms with E-state index in [1.807, 2.05) is 54.8 Å². The molecule has 0 saturated carbocycles. The molecule has 4 rings (SSSR count). The highest BCUT2D eigenvalue weighted by Gasteiger charge is 2.23. The van der Waals surface area contributed by atoms with Gasteiger partial charge in [0.1, 0.15) is 5.01 Å². The van der Waals surface area contributed by atoms with Crippen LogP contribution in [0.2, 0.25) is 0 Å². The fraction of sp³-hybridized carbons (Fsp3) is 0.250. The van der Waals surface area contributed by atoms with Crippen LogP contribution in [-0.2, 0) is 19.5 Å². The number of aryl methyl sites for hydroxylation is 1. The largest absolute Gasteiger partial charge is 0.390 e. The number of benzene rings is 3. The van der Waals surface area contributed by atoms with Crippen LogP contribution in [0.3, 0.4) is 0 Å². The van der Waals surface area contributed by atoms with Crippen molar-refractivity contribution < 1.29 is 14.7 Å². The molecule has 210 valence electrons. The first-order chi connectivity index (χ1) is 19.8. The monoisotopic (exact) mass is 567 g/mol. The normalized spacial score (nSPS) is 12.2. The molecular weight excluding hydrogens is 534 g/mol. The molecule has 9 heteroatoms. The summed E-state index contributed by atoms with van der Waals surface area (Å²) in [5.74, 6) is -0.586. The van der Waals surface area contributed by atoms with Crippen molar-refractivity contribution in [3.63, 3.8) is 0 Å². The van der Waals surface area contributed by atoms with E-state index in [4.69, 9.17) is 5.26 Å². The Morgan fingerprint density at radius 3 is 2.49 bits per heavy atom. The maximum absolute atomic E-state index is 13.3. The number of rotatable bonds is 12. The third-order valence-electron chi connectivity index (χ3n) is 6.58. The Kier molecular flexibility index (Phi) is 10.3. The van der Waals surface area contributed by atoms with Crippen molar-refractivity contribution in [2.75, 3.05) is 13.6 Å². The molecule has 0 saturated heterocycles. The summed E-state index contributed by atoms with van der Waals surface area (Å²) in [6, 6.07) is 25.1. The van der Waals surface area contributed by atoms with Crippen LogP contribution in [0.5, 0.6) is 0 Å². The van der Waals surface area contributed by atoms with Gasteiger partial charge in [-0.25, -0.2) is 4.98 Å². The van der Waals surface area contributed by atoms with Gasteiger partial charge in [0.2, 0.25) is 0 Å². The zero-order valence-corrected chi connectivity index (χ0v) is 23.9. The highest BCUT2D eigenvalue weighted by molar-refractivity contribution is 7.09. The Bertz CT molecular complexity index is 1520. The SMILES string of the molecule is Cc1csc(CN(C)C(=O)c2cccc(C(=O)N[C@@H](Cc3ccccc3)[C@H](O)CNCc3cccc(C#N)c3)c2)n1. The summed E-state index contributed by atoms with van der Waals surface area (Å²) in [6.45, 7) is 2.99. The maximum Gasteiger partial charge on any atom is 0.253 e. The molecule has 41 heavy (non-hydrogen) atoms. The van der Waals surface area contributed by atoms with Gasteiger partial charge in [0.15, 0.2) is 0 Å². The molecule has 0 radical (unpaired) electrons. The van der Waals surface area contributed by atoms with Crippen LogP contribution in [0.1, 0.15) is 48.1 Å². The van der Waals surface area contributed by atoms with Crippen molar-refractivity contribution in [2.45, 2.75) is 38.6 Å². The number of thiazole rings is 1. The lowest BCUT2D eigenvalue weighted by atomic mass is 10.00. The predicted octanol–water partition coefficient (Wildman–Crippen LogP) is 4.09. The Morgan fingerprint density at radius 2 is 1.76 bits per heavy atom. The standard InChI is InChI=1S/C32H33N5O3S/c1-22-21-41-30(35-22)20-37(2)32(40)27-13-7-12-26(16-27)31(39)36-28(15-23-8-4-3-5-9-23)29(38)19-34-18-25-11-6-10-24(14-25)17-33/h3-14,16,21,28-29,34,38H,15,18-20H2,1-2H3,(H,36,39)/t28-,29+/m0/s1. The summed E-state index contributed by atoms with van der Waals surface area (Å²) in [6.07, 6.45) is -0.468. The number of nitrogens with zero attached hydrogens (tertiary/aromatic N) is 3. The van der Waals surface area contributed by atoms with Gasteiger partial charge >= 0.3 is 0 Å². The number of aliphatic hydroxyl groups is 1. The second-order valence-electron chi connectivity index (χ2n) is 9.90. The Balaban J connectivity index is 1.43. The summed E-state index contributed by atoms with van der Waals surface area (Å²) < 4.78 is 0. The van der Waals surface area contributed by atoms with Crippen molar-refractivity contribution in [2.24, 2.45) is 0 Å². The van der Waals surface area contributed by atoms with E-state index in [1.54, 1.807) is 48.3 Å². The number of hydrogen-bond acceptors (Lipinski definition) is 7. The molecule has 4 aromatic rings. The number of carbonyl (C=O) groups excluding carboxylic acids is 2. The predicted molar refractivity (Wildman–Crippen MR) is 159 cm³/mol. The number of aromatic nitrogens is 1. The molecule has 8 nitrogen and oxygen atoms in total. The van der Waals surface area contributed by atoms with Crippen LogP contribution in [0.25, 0.3) is 0 Å². The average Bonchev–Trinajstić information content (AvgIpc) is 3.41. The van der Waals surface area contributed by atoms with Crippen LogP contribution >= 0.6 is 11.3 Å². The molecular formula is C32H33N5O3S. The Hall–Kier alpha value is -4.36. The van der Waals surface area contributed by atoms with Gasteiger partial charge in [0.25, 0.3) is 11.8 Å². The van der Waals surface area contributed by atoms with Gasteiger partial charge in [-0.05, 0) is 54.8 Å². The minimum Gasteiger partial charge on any atom is -0.390 e. The minimum atomic E-state index is -0.893. The Labute approximate surface area is 244 Å². The van der Waals surface area contributed by atoms with Crippen molar-refractivity contribution in [3.8, 4) is 6.07 Å². The fourth-order valence-corrected chi connectivity index (χ4v) is 5.25. The van der Waals surface area contributed by atoms with Crippen molar-refractivity contribution >= 4 is 23.2 Å². The topological polar surface area (TPSA) is 118 Å². The molecule has 3 aromatic carbocycles. The molecule has 0 aliphatic rings. The lowest BCUT2D eigenvalue weighted by molar-refractivity contribution is 0.0784. The van der Waals surface area contributed by atoms with E-state index in [-0.39, 0.29) is 18.4 Å². The van der Waals surface area contributed by atoms with Gasteiger partial charge in [-0.3, -0.25) is 9.59 Å². The molecule has 0 aliphatic heterocycles. The molecule has 0 bridgehead atoms. The zero-order valence-electron chi connectivity index (χ0n) is 23.1. The van der Waals surface area contributed by atoms with Gasteiger partial charge in [-0.2, -0.15) is 5.26 Å². The summed E-state index contributed by atoms with van der Waals surface area (Å²) in [7, 11) is 1.71. The summed E-state index contributed by atoms with van der Waals surface area (Å²) >= 11 is 1.50. The number of nitrogens with one attached hydrogen (secondary N) is 2. The third kappa shape index (κ3) is 8.56. The lowest BCUT2D eigenvalue weighted by Gasteiger charge is -2.25. The van der Waals surface area contributed by atoms with E-state index in [0.717, 1.165) is 21.8 Å². The smallest absolute Gasteiger partial charge is 0.253 e. The number of hydrogen-bond donors (Lipinski definition) is 3. The molecule has 0 spiro atoms. The van der Waals surface area contributed by atoms with Gasteiger partial charge < -0.3 is 20.6 Å². The van der Waals surface area contributed by atoms with Gasteiger partial charge in [0.05, 0.1) is 30.3 Å². The van der Waals surface area contributed by atoms with Crippen molar-refractivity contribution in [1.82, 2.24) is 20.5 Å². The van der Waals surface area contributed by atoms with Gasteiger partial charge in [-0.15, -0.1) is 11.3 Å². The van der Waals surface area contributed by atoms with Gasteiger partial charge in [-0.1, -0.05) is 48.5 Å². The van der Waals surface area contributed by atoms with E-state index >= 15 is 0 Å². The molecule has 2 amide bonds. The summed E-state index contributed by atoms with van der Waals surface area (Å²) in [5.41, 5.74) is 4.12. The maximum atomic E-state index is 13.3. The molecule has 1 aromatic heterocycles. The third-order valence-corrected chi connectivity index (χ3v) is 7.53. The van der Waals surface area contributed by atoms with E-state index in [0.29, 0.717) is 36.2 Å². The van der Waals surface area contributed by atoms with Crippen LogP contribution in [0.4, 0.5) is 0 Å². The van der Waals surface area contributed by atoms with Crippen molar-refractivity contribution in [1.29, 1.82) is 5.26 Å². The highest BCUT2D eigenvalue weighted by Crippen LogP contribution is 2.15. The van der Waals surface area contributed by atoms with E-state index < -0.39 is 12.1 Å². The van der Waals surface area contributed by atoms with Crippen LogP contribution in [-0.4, -0.2) is 52.5 Å². The molecule has 1 heterocycles. The number of amides is 2. The van der Waals surface area contributed by atoms with E-state index in [2.05, 4.69) is 21.7 Å². The quantitative estimate of drug-likeness (QED) is 0.237. The summed E-state index contributed by atoms with van der Waals surface area (Å²) in [4.78, 5) is 32.4. The zero-order chi connectivity index (χ0) is 29.2. The first-order valence-electron chi connectivity index (χ1n) is 13.3. The molecule has 3 N–H and O–H groups in total. The summed E-state index contributed by atoms with van der Waals surface area (Å²) in [5, 5.41) is 29.2. The first kappa shape index (κ1) is 29.6. The molecule has 0 unspecified atom stereocenters. The molecule has 0 fully saturated rings. The lowest BCUT2D eigenvalue weighted by Crippen LogP contribution is -2.48. The number of nitriles is 1. The van der Waals surface area contributed by atoms with E-state index in [9.17, 15) is 14.7 Å². The Morgan fingerprint density at radius 1 is 1.02 bits per heavy atom. The fourth-order valence-electron chi connectivity index (χ4n) is 4.42. The number of carbonyl (C=O) groups is 2. The van der Waals surface area contributed by atoms with Crippen LogP contribution in [0.15, 0.2) is 84.2 Å². The average molecular weight is 568 g/mol. The van der Waals surface area contributed by atoms with Crippen LogP contribution in [0, 0.1) is 18.3 Å². The highest BCUT2D eigenvalue weighted by atomic mass is 32.1. The molecule has 0 aliphatic carbocycles. The minimum absolute atomic E-state index is 0.210. The number of aliphatic hydroxyl groups excluding tert-OH is 1.